The molecular weight excluding hydrogens is 257 g/mol. The van der Waals surface area contributed by atoms with Crippen LogP contribution in [0.25, 0.3) is 0 Å². The Hall–Kier alpha value is -1.56. The van der Waals surface area contributed by atoms with Crippen molar-refractivity contribution in [2.75, 3.05) is 13.6 Å². The molecule has 0 spiro atoms. The lowest BCUT2D eigenvalue weighted by atomic mass is 10.0. The summed E-state index contributed by atoms with van der Waals surface area (Å²) < 4.78 is 37.6. The van der Waals surface area contributed by atoms with Crippen LogP contribution in [0.15, 0.2) is 30.3 Å². The minimum absolute atomic E-state index is 0.150. The Labute approximate surface area is 110 Å². The van der Waals surface area contributed by atoms with Crippen molar-refractivity contribution in [2.45, 2.75) is 25.1 Å². The van der Waals surface area contributed by atoms with E-state index in [4.69, 9.17) is 0 Å². The predicted octanol–water partition coefficient (Wildman–Crippen LogP) is 2.41. The minimum Gasteiger partial charge on any atom is -0.359 e. The number of hydrogen-bond acceptors (Lipinski definition) is 2. The molecule has 19 heavy (non-hydrogen) atoms. The van der Waals surface area contributed by atoms with E-state index in [0.29, 0.717) is 5.56 Å². The quantitative estimate of drug-likeness (QED) is 0.836. The van der Waals surface area contributed by atoms with E-state index in [-0.39, 0.29) is 18.9 Å². The first-order valence-electron chi connectivity index (χ1n) is 5.98. The van der Waals surface area contributed by atoms with Gasteiger partial charge < -0.3 is 10.6 Å². The molecule has 1 aromatic carbocycles. The zero-order valence-corrected chi connectivity index (χ0v) is 10.6. The van der Waals surface area contributed by atoms with E-state index in [1.807, 2.05) is 0 Å². The fourth-order valence-corrected chi connectivity index (χ4v) is 1.71. The number of amides is 1. The second-order valence-electron chi connectivity index (χ2n) is 4.16. The van der Waals surface area contributed by atoms with Crippen LogP contribution in [-0.4, -0.2) is 25.7 Å². The Morgan fingerprint density at radius 1 is 1.26 bits per heavy atom. The van der Waals surface area contributed by atoms with Crippen molar-refractivity contribution in [3.63, 3.8) is 0 Å². The molecule has 0 saturated carbocycles. The van der Waals surface area contributed by atoms with Gasteiger partial charge in [0, 0.05) is 26.1 Å². The molecular formula is C13H17F3N2O. The smallest absolute Gasteiger partial charge is 0.359 e. The lowest BCUT2D eigenvalue weighted by molar-refractivity contribution is -0.140. The van der Waals surface area contributed by atoms with E-state index in [0.717, 1.165) is 0 Å². The molecule has 6 heteroatoms. The molecule has 1 rings (SSSR count). The highest BCUT2D eigenvalue weighted by molar-refractivity contribution is 5.75. The Balaban J connectivity index is 2.63. The third-order valence-electron chi connectivity index (χ3n) is 2.66. The molecule has 0 radical (unpaired) electrons. The van der Waals surface area contributed by atoms with Crippen LogP contribution in [0.3, 0.4) is 0 Å². The van der Waals surface area contributed by atoms with E-state index in [9.17, 15) is 18.0 Å². The summed E-state index contributed by atoms with van der Waals surface area (Å²) in [7, 11) is 1.49. The number of halogens is 3. The number of hydrogen-bond donors (Lipinski definition) is 2. The Morgan fingerprint density at radius 2 is 1.89 bits per heavy atom. The van der Waals surface area contributed by atoms with Crippen molar-refractivity contribution < 1.29 is 18.0 Å². The van der Waals surface area contributed by atoms with E-state index in [2.05, 4.69) is 10.6 Å². The molecule has 2 N–H and O–H groups in total. The fraction of sp³-hybridized carbons (Fsp3) is 0.462. The van der Waals surface area contributed by atoms with Crippen molar-refractivity contribution in [2.24, 2.45) is 0 Å². The van der Waals surface area contributed by atoms with E-state index in [1.54, 1.807) is 30.3 Å². The number of carbonyl (C=O) groups excluding carboxylic acids is 1. The second-order valence-corrected chi connectivity index (χ2v) is 4.16. The fourth-order valence-electron chi connectivity index (χ4n) is 1.71. The Bertz CT molecular complexity index is 393. The van der Waals surface area contributed by atoms with Gasteiger partial charge in [-0.1, -0.05) is 30.3 Å². The summed E-state index contributed by atoms with van der Waals surface area (Å²) in [6.45, 7) is 0.204. The molecule has 0 bridgehead atoms. The minimum atomic E-state index is -4.25. The van der Waals surface area contributed by atoms with Gasteiger partial charge in [0.25, 0.3) is 0 Å². The topological polar surface area (TPSA) is 41.1 Å². The van der Waals surface area contributed by atoms with Gasteiger partial charge in [-0.05, 0) is 5.56 Å². The summed E-state index contributed by atoms with van der Waals surface area (Å²) in [5, 5.41) is 5.20. The van der Waals surface area contributed by atoms with Gasteiger partial charge in [0.2, 0.25) is 5.91 Å². The average molecular weight is 274 g/mol. The Morgan fingerprint density at radius 3 is 2.42 bits per heavy atom. The monoisotopic (exact) mass is 274 g/mol. The first-order chi connectivity index (χ1) is 8.92. The van der Waals surface area contributed by atoms with E-state index >= 15 is 0 Å². The maximum Gasteiger partial charge on any atom is 0.390 e. The average Bonchev–Trinajstić information content (AvgIpc) is 2.37. The number of alkyl halides is 3. The standard InChI is InChI=1S/C13H17F3N2O/c1-17-12(19)7-8-18-11(9-13(14,15)16)10-5-3-2-4-6-10/h2-6,11,18H,7-9H2,1H3,(H,17,19). The maximum absolute atomic E-state index is 12.5. The normalized spacial score (nSPS) is 13.1. The number of rotatable bonds is 6. The summed E-state index contributed by atoms with van der Waals surface area (Å²) in [5.74, 6) is -0.202. The largest absolute Gasteiger partial charge is 0.390 e. The van der Waals surface area contributed by atoms with Crippen molar-refractivity contribution in [3.8, 4) is 0 Å². The van der Waals surface area contributed by atoms with Gasteiger partial charge >= 0.3 is 6.18 Å². The number of nitrogens with one attached hydrogen (secondary N) is 2. The van der Waals surface area contributed by atoms with Gasteiger partial charge in [-0.3, -0.25) is 4.79 Å². The van der Waals surface area contributed by atoms with Crippen LogP contribution < -0.4 is 10.6 Å². The molecule has 106 valence electrons. The van der Waals surface area contributed by atoms with Crippen molar-refractivity contribution >= 4 is 5.91 Å². The van der Waals surface area contributed by atoms with Crippen LogP contribution in [0.1, 0.15) is 24.4 Å². The number of carbonyl (C=O) groups is 1. The van der Waals surface area contributed by atoms with Crippen molar-refractivity contribution in [1.29, 1.82) is 0 Å². The molecule has 0 aliphatic carbocycles. The zero-order valence-electron chi connectivity index (χ0n) is 10.6. The summed E-state index contributed by atoms with van der Waals surface area (Å²) in [4.78, 5) is 11.0. The van der Waals surface area contributed by atoms with Gasteiger partial charge in [-0.25, -0.2) is 0 Å². The second kappa shape index (κ2) is 7.13. The zero-order chi connectivity index (χ0) is 14.3. The third kappa shape index (κ3) is 6.24. The van der Waals surface area contributed by atoms with Crippen molar-refractivity contribution in [1.82, 2.24) is 10.6 Å². The molecule has 1 amide bonds. The van der Waals surface area contributed by atoms with Crippen LogP contribution in [0.5, 0.6) is 0 Å². The molecule has 0 aliphatic rings. The highest BCUT2D eigenvalue weighted by atomic mass is 19.4. The summed E-state index contributed by atoms with van der Waals surface area (Å²) in [6.07, 6.45) is -5.05. The maximum atomic E-state index is 12.5. The van der Waals surface area contributed by atoms with Crippen molar-refractivity contribution in [3.05, 3.63) is 35.9 Å². The van der Waals surface area contributed by atoms with Gasteiger partial charge in [-0.2, -0.15) is 13.2 Å². The molecule has 0 fully saturated rings. The molecule has 1 atom stereocenters. The third-order valence-corrected chi connectivity index (χ3v) is 2.66. The first kappa shape index (κ1) is 15.5. The molecule has 0 heterocycles. The number of benzene rings is 1. The highest BCUT2D eigenvalue weighted by Gasteiger charge is 2.32. The highest BCUT2D eigenvalue weighted by Crippen LogP contribution is 2.29. The molecule has 3 nitrogen and oxygen atoms in total. The SMILES string of the molecule is CNC(=O)CCNC(CC(F)(F)F)c1ccccc1. The van der Waals surface area contributed by atoms with Gasteiger partial charge in [0.05, 0.1) is 6.42 Å². The lowest BCUT2D eigenvalue weighted by Crippen LogP contribution is -2.30. The summed E-state index contributed by atoms with van der Waals surface area (Å²) in [5.41, 5.74) is 0.566. The van der Waals surface area contributed by atoms with Crippen LogP contribution in [0.4, 0.5) is 13.2 Å². The van der Waals surface area contributed by atoms with Gasteiger partial charge in [0.15, 0.2) is 0 Å². The van der Waals surface area contributed by atoms with Crippen LogP contribution >= 0.6 is 0 Å². The van der Waals surface area contributed by atoms with Crippen LogP contribution in [0.2, 0.25) is 0 Å². The van der Waals surface area contributed by atoms with Crippen LogP contribution in [0, 0.1) is 0 Å². The first-order valence-corrected chi connectivity index (χ1v) is 5.98. The molecule has 0 aromatic heterocycles. The van der Waals surface area contributed by atoms with Gasteiger partial charge in [-0.15, -0.1) is 0 Å². The van der Waals surface area contributed by atoms with E-state index in [1.165, 1.54) is 7.05 Å². The Kier molecular flexibility index (Phi) is 5.82. The molecule has 1 aromatic rings. The summed E-state index contributed by atoms with van der Waals surface area (Å²) in [6, 6.07) is 7.59. The van der Waals surface area contributed by atoms with Gasteiger partial charge in [0.1, 0.15) is 0 Å². The van der Waals surface area contributed by atoms with Crippen LogP contribution in [-0.2, 0) is 4.79 Å². The lowest BCUT2D eigenvalue weighted by Gasteiger charge is -2.20. The molecule has 1 unspecified atom stereocenters. The molecule has 0 aliphatic heterocycles. The van der Waals surface area contributed by atoms with E-state index < -0.39 is 18.6 Å². The summed E-state index contributed by atoms with van der Waals surface area (Å²) >= 11 is 0. The predicted molar refractivity (Wildman–Crippen MR) is 66.5 cm³/mol. The molecule has 0 saturated heterocycles.